The van der Waals surface area contributed by atoms with Gasteiger partial charge in [0, 0.05) is 19.8 Å². The van der Waals surface area contributed by atoms with E-state index >= 15 is 0 Å². The molecule has 0 atom stereocenters. The van der Waals surface area contributed by atoms with E-state index in [9.17, 15) is 0 Å². The highest BCUT2D eigenvalue weighted by atomic mass is 16.5. The molecule has 0 rings (SSSR count). The van der Waals surface area contributed by atoms with Crippen molar-refractivity contribution in [2.75, 3.05) is 46.2 Å². The molecule has 0 saturated heterocycles. The highest BCUT2D eigenvalue weighted by Crippen LogP contribution is 2.20. The summed E-state index contributed by atoms with van der Waals surface area (Å²) in [6.07, 6.45) is 1.44. The maximum Gasteiger partial charge on any atom is 0.0995 e. The molecule has 0 aromatic carbocycles. The number of hydrogen-bond acceptors (Lipinski definition) is 4. The molecule has 0 fully saturated rings. The Labute approximate surface area is 105 Å². The van der Waals surface area contributed by atoms with E-state index in [2.05, 4.69) is 6.58 Å². The molecular formula is C13H26O4. The van der Waals surface area contributed by atoms with E-state index in [-0.39, 0.29) is 5.41 Å². The summed E-state index contributed by atoms with van der Waals surface area (Å²) in [5.41, 5.74) is -0.254. The van der Waals surface area contributed by atoms with Gasteiger partial charge in [-0.3, -0.25) is 0 Å². The van der Waals surface area contributed by atoms with Gasteiger partial charge in [-0.25, -0.2) is 0 Å². The minimum absolute atomic E-state index is 0.254. The van der Waals surface area contributed by atoms with Crippen molar-refractivity contribution in [3.63, 3.8) is 0 Å². The molecule has 0 amide bonds. The second kappa shape index (κ2) is 10.6. The van der Waals surface area contributed by atoms with Crippen LogP contribution in [0.15, 0.2) is 12.8 Å². The van der Waals surface area contributed by atoms with Crippen LogP contribution in [0.1, 0.15) is 20.8 Å². The Hall–Kier alpha value is -0.580. The summed E-state index contributed by atoms with van der Waals surface area (Å²) < 4.78 is 21.9. The fourth-order valence-electron chi connectivity index (χ4n) is 1.44. The van der Waals surface area contributed by atoms with E-state index in [1.165, 1.54) is 6.26 Å². The first kappa shape index (κ1) is 16.4. The topological polar surface area (TPSA) is 36.9 Å². The Morgan fingerprint density at radius 3 is 1.53 bits per heavy atom. The van der Waals surface area contributed by atoms with Crippen molar-refractivity contribution in [2.45, 2.75) is 20.8 Å². The fourth-order valence-corrected chi connectivity index (χ4v) is 1.44. The second-order valence-corrected chi connectivity index (χ2v) is 3.89. The van der Waals surface area contributed by atoms with E-state index in [0.29, 0.717) is 46.2 Å². The summed E-state index contributed by atoms with van der Waals surface area (Å²) in [7, 11) is 0. The van der Waals surface area contributed by atoms with Crippen LogP contribution in [0.3, 0.4) is 0 Å². The van der Waals surface area contributed by atoms with Gasteiger partial charge < -0.3 is 18.9 Å². The molecular weight excluding hydrogens is 220 g/mol. The van der Waals surface area contributed by atoms with Gasteiger partial charge in [-0.05, 0) is 20.8 Å². The minimum atomic E-state index is -0.254. The highest BCUT2D eigenvalue weighted by Gasteiger charge is 2.32. The van der Waals surface area contributed by atoms with Gasteiger partial charge >= 0.3 is 0 Å². The quantitative estimate of drug-likeness (QED) is 0.495. The van der Waals surface area contributed by atoms with Crippen molar-refractivity contribution >= 4 is 0 Å². The van der Waals surface area contributed by atoms with Crippen molar-refractivity contribution < 1.29 is 18.9 Å². The second-order valence-electron chi connectivity index (χ2n) is 3.89. The zero-order valence-electron chi connectivity index (χ0n) is 11.4. The summed E-state index contributed by atoms with van der Waals surface area (Å²) in [5, 5.41) is 0. The van der Waals surface area contributed by atoms with Gasteiger partial charge in [-0.15, -0.1) is 0 Å². The van der Waals surface area contributed by atoms with Gasteiger partial charge in [0.2, 0.25) is 0 Å². The molecule has 4 nitrogen and oxygen atoms in total. The number of ether oxygens (including phenoxy) is 4. The summed E-state index contributed by atoms with van der Waals surface area (Å²) in [6.45, 7) is 13.7. The molecule has 0 aromatic heterocycles. The van der Waals surface area contributed by atoms with Crippen LogP contribution in [0, 0.1) is 5.41 Å². The molecule has 0 aliphatic rings. The van der Waals surface area contributed by atoms with Crippen molar-refractivity contribution in [3.8, 4) is 0 Å². The summed E-state index contributed by atoms with van der Waals surface area (Å²) in [6, 6.07) is 0. The van der Waals surface area contributed by atoms with Gasteiger partial charge in [0.15, 0.2) is 0 Å². The molecule has 0 saturated carbocycles. The van der Waals surface area contributed by atoms with Crippen LogP contribution in [0.4, 0.5) is 0 Å². The molecule has 0 spiro atoms. The Bertz CT molecular complexity index is 160. The highest BCUT2D eigenvalue weighted by molar-refractivity contribution is 4.80. The SMILES string of the molecule is C=COCC(COCC)(COCC)COCC. The normalized spacial score (nSPS) is 11.5. The Kier molecular flexibility index (Phi) is 10.2. The molecule has 0 aromatic rings. The summed E-state index contributed by atoms with van der Waals surface area (Å²) in [4.78, 5) is 0. The van der Waals surface area contributed by atoms with E-state index in [1.54, 1.807) is 0 Å². The predicted octanol–water partition coefficient (Wildman–Crippen LogP) is 2.24. The van der Waals surface area contributed by atoms with Crippen LogP contribution in [-0.2, 0) is 18.9 Å². The molecule has 102 valence electrons. The Morgan fingerprint density at radius 1 is 0.824 bits per heavy atom. The smallest absolute Gasteiger partial charge is 0.0995 e. The van der Waals surface area contributed by atoms with Crippen LogP contribution in [0.5, 0.6) is 0 Å². The summed E-state index contributed by atoms with van der Waals surface area (Å²) >= 11 is 0. The third-order valence-electron chi connectivity index (χ3n) is 2.34. The minimum Gasteiger partial charge on any atom is -0.501 e. The zero-order chi connectivity index (χ0) is 13.0. The third-order valence-corrected chi connectivity index (χ3v) is 2.34. The van der Waals surface area contributed by atoms with Crippen LogP contribution < -0.4 is 0 Å². The van der Waals surface area contributed by atoms with Gasteiger partial charge in [0.05, 0.1) is 38.1 Å². The lowest BCUT2D eigenvalue weighted by molar-refractivity contribution is -0.0901. The largest absolute Gasteiger partial charge is 0.501 e. The lowest BCUT2D eigenvalue weighted by Gasteiger charge is -2.32. The lowest BCUT2D eigenvalue weighted by atomic mass is 9.92. The first-order valence-electron chi connectivity index (χ1n) is 6.20. The first-order chi connectivity index (χ1) is 8.24. The van der Waals surface area contributed by atoms with Gasteiger partial charge in [0.1, 0.15) is 0 Å². The third kappa shape index (κ3) is 7.36. The van der Waals surface area contributed by atoms with Crippen molar-refractivity contribution in [3.05, 3.63) is 12.8 Å². The molecule has 0 radical (unpaired) electrons. The molecule has 0 aliphatic carbocycles. The van der Waals surface area contributed by atoms with E-state index in [0.717, 1.165) is 0 Å². The zero-order valence-corrected chi connectivity index (χ0v) is 11.4. The molecule has 0 aliphatic heterocycles. The summed E-state index contributed by atoms with van der Waals surface area (Å²) in [5.74, 6) is 0. The lowest BCUT2D eigenvalue weighted by Crippen LogP contribution is -2.41. The molecule has 0 heterocycles. The van der Waals surface area contributed by atoms with Gasteiger partial charge in [0.25, 0.3) is 0 Å². The maximum absolute atomic E-state index is 5.52. The monoisotopic (exact) mass is 246 g/mol. The van der Waals surface area contributed by atoms with Crippen LogP contribution in [-0.4, -0.2) is 46.2 Å². The molecule has 0 N–H and O–H groups in total. The number of hydrogen-bond donors (Lipinski definition) is 0. The van der Waals surface area contributed by atoms with Crippen molar-refractivity contribution in [1.29, 1.82) is 0 Å². The molecule has 0 bridgehead atoms. The van der Waals surface area contributed by atoms with E-state index < -0.39 is 0 Å². The number of rotatable bonds is 12. The van der Waals surface area contributed by atoms with Gasteiger partial charge in [-0.1, -0.05) is 6.58 Å². The van der Waals surface area contributed by atoms with Crippen LogP contribution >= 0.6 is 0 Å². The predicted molar refractivity (Wildman–Crippen MR) is 68.1 cm³/mol. The van der Waals surface area contributed by atoms with E-state index in [4.69, 9.17) is 18.9 Å². The molecule has 17 heavy (non-hydrogen) atoms. The van der Waals surface area contributed by atoms with Crippen LogP contribution in [0.25, 0.3) is 0 Å². The van der Waals surface area contributed by atoms with Crippen molar-refractivity contribution in [1.82, 2.24) is 0 Å². The average Bonchev–Trinajstić information content (AvgIpc) is 2.37. The molecule has 4 heteroatoms. The van der Waals surface area contributed by atoms with Crippen molar-refractivity contribution in [2.24, 2.45) is 5.41 Å². The standard InChI is InChI=1S/C13H26O4/c1-5-14-9-13(10-15-6-2,11-16-7-3)12-17-8-4/h5H,1,6-12H2,2-4H3. The van der Waals surface area contributed by atoms with Gasteiger partial charge in [-0.2, -0.15) is 0 Å². The fraction of sp³-hybridized carbons (Fsp3) is 0.846. The molecule has 0 unspecified atom stereocenters. The average molecular weight is 246 g/mol. The Balaban J connectivity index is 4.44. The Morgan fingerprint density at radius 2 is 1.24 bits per heavy atom. The maximum atomic E-state index is 5.52. The van der Waals surface area contributed by atoms with Crippen LogP contribution in [0.2, 0.25) is 0 Å². The first-order valence-corrected chi connectivity index (χ1v) is 6.20. The van der Waals surface area contributed by atoms with E-state index in [1.807, 2.05) is 20.8 Å².